The number of nitrogens with zero attached hydrogens (tertiary/aromatic N) is 1. The highest BCUT2D eigenvalue weighted by atomic mass is 32.2. The molecule has 0 aliphatic heterocycles. The summed E-state index contributed by atoms with van der Waals surface area (Å²) in [5.74, 6) is 0.612. The predicted molar refractivity (Wildman–Crippen MR) is 82.6 cm³/mol. The number of anilines is 1. The molecule has 2 rings (SSSR count). The van der Waals surface area contributed by atoms with Crippen molar-refractivity contribution in [3.63, 3.8) is 0 Å². The quantitative estimate of drug-likeness (QED) is 0.935. The molecule has 0 fully saturated rings. The van der Waals surface area contributed by atoms with E-state index >= 15 is 0 Å². The van der Waals surface area contributed by atoms with Gasteiger partial charge in [-0.15, -0.1) is 0 Å². The summed E-state index contributed by atoms with van der Waals surface area (Å²) in [5, 5.41) is 11.9. The average Bonchev–Trinajstić information content (AvgIpc) is 2.48. The number of nitrogens with one attached hydrogen (secondary N) is 1. The lowest BCUT2D eigenvalue weighted by Gasteiger charge is -2.07. The van der Waals surface area contributed by atoms with Crippen LogP contribution in [0.15, 0.2) is 52.3 Å². The van der Waals surface area contributed by atoms with Gasteiger partial charge in [0.15, 0.2) is 0 Å². The first-order valence-electron chi connectivity index (χ1n) is 6.26. The van der Waals surface area contributed by atoms with Crippen LogP contribution in [0.3, 0.4) is 0 Å². The summed E-state index contributed by atoms with van der Waals surface area (Å²) in [7, 11) is 1.60. The third-order valence-electron chi connectivity index (χ3n) is 2.71. The molecule has 1 amide bonds. The molecule has 21 heavy (non-hydrogen) atoms. The standard InChI is InChI=1S/C16H14N2O2S/c1-11(19)18-13-4-7-15(8-5-13)21-16-9-14(20-2)6-3-12(16)10-17/h3-9H,1-2H3,(H,18,19). The Morgan fingerprint density at radius 3 is 2.52 bits per heavy atom. The summed E-state index contributed by atoms with van der Waals surface area (Å²) in [4.78, 5) is 12.8. The van der Waals surface area contributed by atoms with E-state index in [1.54, 1.807) is 19.2 Å². The number of carbonyl (C=O) groups excluding carboxylic acids is 1. The summed E-state index contributed by atoms with van der Waals surface area (Å²) in [5.41, 5.74) is 1.35. The fourth-order valence-corrected chi connectivity index (χ4v) is 2.67. The van der Waals surface area contributed by atoms with Gasteiger partial charge < -0.3 is 10.1 Å². The monoisotopic (exact) mass is 298 g/mol. The van der Waals surface area contributed by atoms with Crippen LogP contribution in [0.25, 0.3) is 0 Å². The van der Waals surface area contributed by atoms with Crippen LogP contribution < -0.4 is 10.1 Å². The minimum Gasteiger partial charge on any atom is -0.497 e. The first kappa shape index (κ1) is 14.9. The van der Waals surface area contributed by atoms with Crippen molar-refractivity contribution in [2.24, 2.45) is 0 Å². The number of ether oxygens (including phenoxy) is 1. The molecule has 106 valence electrons. The normalized spacial score (nSPS) is 9.76. The van der Waals surface area contributed by atoms with Crippen LogP contribution in [-0.4, -0.2) is 13.0 Å². The molecule has 0 unspecified atom stereocenters. The minimum atomic E-state index is -0.102. The van der Waals surface area contributed by atoms with Crippen LogP contribution in [0.4, 0.5) is 5.69 Å². The molecular weight excluding hydrogens is 284 g/mol. The van der Waals surface area contributed by atoms with Crippen LogP contribution in [0.5, 0.6) is 5.75 Å². The van der Waals surface area contributed by atoms with E-state index in [0.29, 0.717) is 11.3 Å². The van der Waals surface area contributed by atoms with Crippen LogP contribution in [0.1, 0.15) is 12.5 Å². The summed E-state index contributed by atoms with van der Waals surface area (Å²) in [6.07, 6.45) is 0. The van der Waals surface area contributed by atoms with Crippen LogP contribution in [0, 0.1) is 11.3 Å². The molecule has 0 atom stereocenters. The van der Waals surface area contributed by atoms with Gasteiger partial charge in [0.1, 0.15) is 11.8 Å². The Kier molecular flexibility index (Phi) is 4.85. The van der Waals surface area contributed by atoms with Crippen molar-refractivity contribution in [3.8, 4) is 11.8 Å². The Bertz CT molecular complexity index is 690. The van der Waals surface area contributed by atoms with E-state index in [1.807, 2.05) is 30.3 Å². The number of hydrogen-bond donors (Lipinski definition) is 1. The molecule has 2 aromatic carbocycles. The minimum absolute atomic E-state index is 0.102. The van der Waals surface area contributed by atoms with Gasteiger partial charge in [0, 0.05) is 22.4 Å². The van der Waals surface area contributed by atoms with E-state index in [0.717, 1.165) is 15.5 Å². The van der Waals surface area contributed by atoms with Crippen molar-refractivity contribution in [1.29, 1.82) is 5.26 Å². The predicted octanol–water partition coefficient (Wildman–Crippen LogP) is 3.68. The van der Waals surface area contributed by atoms with Crippen LogP contribution >= 0.6 is 11.8 Å². The first-order chi connectivity index (χ1) is 10.1. The zero-order valence-corrected chi connectivity index (χ0v) is 12.5. The van der Waals surface area contributed by atoms with Gasteiger partial charge in [-0.05, 0) is 42.5 Å². The van der Waals surface area contributed by atoms with Crippen molar-refractivity contribution in [3.05, 3.63) is 48.0 Å². The zero-order chi connectivity index (χ0) is 15.2. The summed E-state index contributed by atoms with van der Waals surface area (Å²) < 4.78 is 5.18. The van der Waals surface area contributed by atoms with Gasteiger partial charge in [-0.2, -0.15) is 5.26 Å². The molecule has 0 saturated carbocycles. The van der Waals surface area contributed by atoms with Gasteiger partial charge in [0.25, 0.3) is 0 Å². The molecule has 1 N–H and O–H groups in total. The molecule has 0 radical (unpaired) electrons. The van der Waals surface area contributed by atoms with E-state index in [1.165, 1.54) is 18.7 Å². The Balaban J connectivity index is 2.21. The van der Waals surface area contributed by atoms with E-state index in [-0.39, 0.29) is 5.91 Å². The SMILES string of the molecule is COc1ccc(C#N)c(Sc2ccc(NC(C)=O)cc2)c1. The van der Waals surface area contributed by atoms with Crippen LogP contribution in [-0.2, 0) is 4.79 Å². The molecule has 0 heterocycles. The Morgan fingerprint density at radius 1 is 1.24 bits per heavy atom. The highest BCUT2D eigenvalue weighted by Crippen LogP contribution is 2.33. The molecule has 0 saturated heterocycles. The largest absolute Gasteiger partial charge is 0.497 e. The van der Waals surface area contributed by atoms with Gasteiger partial charge in [0.05, 0.1) is 12.7 Å². The number of methoxy groups -OCH3 is 1. The third-order valence-corrected chi connectivity index (χ3v) is 3.78. The highest BCUT2D eigenvalue weighted by Gasteiger charge is 2.06. The fourth-order valence-electron chi connectivity index (χ4n) is 1.74. The lowest BCUT2D eigenvalue weighted by Crippen LogP contribution is -2.05. The van der Waals surface area contributed by atoms with E-state index in [9.17, 15) is 4.79 Å². The van der Waals surface area contributed by atoms with Gasteiger partial charge in [-0.1, -0.05) is 11.8 Å². The summed E-state index contributed by atoms with van der Waals surface area (Å²) in [6, 6.07) is 15.0. The average molecular weight is 298 g/mol. The smallest absolute Gasteiger partial charge is 0.221 e. The maximum Gasteiger partial charge on any atom is 0.221 e. The maximum absolute atomic E-state index is 11.0. The van der Waals surface area contributed by atoms with Gasteiger partial charge >= 0.3 is 0 Å². The lowest BCUT2D eigenvalue weighted by atomic mass is 10.2. The van der Waals surface area contributed by atoms with E-state index < -0.39 is 0 Å². The number of carbonyl (C=O) groups is 1. The number of nitriles is 1. The van der Waals surface area contributed by atoms with Crippen molar-refractivity contribution >= 4 is 23.4 Å². The van der Waals surface area contributed by atoms with Gasteiger partial charge in [-0.3, -0.25) is 4.79 Å². The van der Waals surface area contributed by atoms with Gasteiger partial charge in [0.2, 0.25) is 5.91 Å². The molecule has 2 aromatic rings. The van der Waals surface area contributed by atoms with Crippen molar-refractivity contribution < 1.29 is 9.53 Å². The van der Waals surface area contributed by atoms with Gasteiger partial charge in [-0.25, -0.2) is 0 Å². The lowest BCUT2D eigenvalue weighted by molar-refractivity contribution is -0.114. The molecule has 0 aliphatic carbocycles. The van der Waals surface area contributed by atoms with Crippen molar-refractivity contribution in [2.45, 2.75) is 16.7 Å². The molecule has 5 heteroatoms. The molecule has 0 aromatic heterocycles. The zero-order valence-electron chi connectivity index (χ0n) is 11.7. The second-order valence-electron chi connectivity index (χ2n) is 4.28. The Morgan fingerprint density at radius 2 is 1.95 bits per heavy atom. The van der Waals surface area contributed by atoms with E-state index in [4.69, 9.17) is 10.00 Å². The number of hydrogen-bond acceptors (Lipinski definition) is 4. The topological polar surface area (TPSA) is 62.1 Å². The maximum atomic E-state index is 11.0. The number of amides is 1. The highest BCUT2D eigenvalue weighted by molar-refractivity contribution is 7.99. The fraction of sp³-hybridized carbons (Fsp3) is 0.125. The molecule has 0 aliphatic rings. The number of rotatable bonds is 4. The Hall–Kier alpha value is -2.45. The Labute approximate surface area is 127 Å². The summed E-state index contributed by atoms with van der Waals surface area (Å²) in [6.45, 7) is 1.47. The van der Waals surface area contributed by atoms with Crippen LogP contribution in [0.2, 0.25) is 0 Å². The summed E-state index contributed by atoms with van der Waals surface area (Å²) >= 11 is 1.48. The number of benzene rings is 2. The first-order valence-corrected chi connectivity index (χ1v) is 7.07. The molecule has 0 bridgehead atoms. The molecule has 4 nitrogen and oxygen atoms in total. The van der Waals surface area contributed by atoms with E-state index in [2.05, 4.69) is 11.4 Å². The van der Waals surface area contributed by atoms with Crippen molar-refractivity contribution in [1.82, 2.24) is 0 Å². The second-order valence-corrected chi connectivity index (χ2v) is 5.40. The molecular formula is C16H14N2O2S. The van der Waals surface area contributed by atoms with Crippen molar-refractivity contribution in [2.75, 3.05) is 12.4 Å². The molecule has 0 spiro atoms. The third kappa shape index (κ3) is 4.01. The second kappa shape index (κ2) is 6.82.